The number of amides is 1. The van der Waals surface area contributed by atoms with Gasteiger partial charge >= 0.3 is 0 Å². The molecule has 1 aliphatic rings. The summed E-state index contributed by atoms with van der Waals surface area (Å²) in [5.41, 5.74) is 3.24. The highest BCUT2D eigenvalue weighted by Gasteiger charge is 2.30. The highest BCUT2D eigenvalue weighted by molar-refractivity contribution is 5.77. The number of nitrogens with zero attached hydrogens (tertiary/aromatic N) is 4. The summed E-state index contributed by atoms with van der Waals surface area (Å²) in [5.74, 6) is 2.18. The van der Waals surface area contributed by atoms with Gasteiger partial charge in [0, 0.05) is 38.3 Å². The van der Waals surface area contributed by atoms with Crippen LogP contribution in [0.5, 0.6) is 11.5 Å². The third kappa shape index (κ3) is 5.26. The fraction of sp³-hybridized carbons (Fsp3) is 0.500. The summed E-state index contributed by atoms with van der Waals surface area (Å²) in [4.78, 5) is 21.5. The minimum absolute atomic E-state index is 0.0134. The molecule has 1 unspecified atom stereocenters. The highest BCUT2D eigenvalue weighted by Crippen LogP contribution is 2.37. The Bertz CT molecular complexity index is 1060. The van der Waals surface area contributed by atoms with Crippen LogP contribution in [0.2, 0.25) is 0 Å². The quantitative estimate of drug-likeness (QED) is 0.584. The van der Waals surface area contributed by atoms with Gasteiger partial charge in [0.25, 0.3) is 0 Å². The van der Waals surface area contributed by atoms with E-state index in [2.05, 4.69) is 24.8 Å². The molecule has 0 N–H and O–H groups in total. The van der Waals surface area contributed by atoms with Gasteiger partial charge in [0.1, 0.15) is 11.9 Å². The molecular weight excluding hydrogens is 432 g/mol. The minimum atomic E-state index is 0.0134. The molecular formula is C26H34N4O4. The van der Waals surface area contributed by atoms with Crippen molar-refractivity contribution in [3.63, 3.8) is 0 Å². The van der Waals surface area contributed by atoms with Gasteiger partial charge in [-0.15, -0.1) is 0 Å². The standard InChI is InChI=1S/C26H34N4O4/c1-17(2)25-21(19-7-8-22(33-5)23(14-19)34-6)13-20(15-27)26(28-25)29-10-11-30(18(3)16-29)24(31)9-12-32-4/h7-8,13-14,17-18H,9-12,16H2,1-6H3. The Balaban J connectivity index is 1.96. The van der Waals surface area contributed by atoms with Gasteiger partial charge in [0.2, 0.25) is 5.91 Å². The Kier molecular flexibility index (Phi) is 8.35. The molecule has 2 aromatic rings. The molecule has 1 aliphatic heterocycles. The molecule has 0 spiro atoms. The number of carbonyl (C=O) groups excluding carboxylic acids is 1. The molecule has 1 saturated heterocycles. The Labute approximate surface area is 202 Å². The van der Waals surface area contributed by atoms with E-state index in [1.54, 1.807) is 21.3 Å². The summed E-state index contributed by atoms with van der Waals surface area (Å²) < 4.78 is 15.9. The maximum absolute atomic E-state index is 12.5. The molecule has 1 amide bonds. The summed E-state index contributed by atoms with van der Waals surface area (Å²) in [6.45, 7) is 8.47. The molecule has 2 heterocycles. The van der Waals surface area contributed by atoms with Gasteiger partial charge in [-0.3, -0.25) is 4.79 Å². The summed E-state index contributed by atoms with van der Waals surface area (Å²) >= 11 is 0. The van der Waals surface area contributed by atoms with Gasteiger partial charge < -0.3 is 24.0 Å². The molecule has 8 heteroatoms. The largest absolute Gasteiger partial charge is 0.493 e. The van der Waals surface area contributed by atoms with Crippen LogP contribution < -0.4 is 14.4 Å². The molecule has 0 radical (unpaired) electrons. The van der Waals surface area contributed by atoms with Crippen LogP contribution in [0.4, 0.5) is 5.82 Å². The van der Waals surface area contributed by atoms with Crippen molar-refractivity contribution >= 4 is 11.7 Å². The van der Waals surface area contributed by atoms with Gasteiger partial charge in [-0.2, -0.15) is 5.26 Å². The first-order chi connectivity index (χ1) is 16.3. The number of rotatable bonds is 8. The van der Waals surface area contributed by atoms with E-state index in [1.165, 1.54) is 0 Å². The summed E-state index contributed by atoms with van der Waals surface area (Å²) in [7, 11) is 4.81. The molecule has 0 aliphatic carbocycles. The Morgan fingerprint density at radius 3 is 2.50 bits per heavy atom. The molecule has 0 bridgehead atoms. The Morgan fingerprint density at radius 2 is 1.91 bits per heavy atom. The normalized spacial score (nSPS) is 15.9. The molecule has 1 aromatic heterocycles. The van der Waals surface area contributed by atoms with Crippen LogP contribution >= 0.6 is 0 Å². The van der Waals surface area contributed by atoms with Gasteiger partial charge in [-0.25, -0.2) is 4.98 Å². The highest BCUT2D eigenvalue weighted by atomic mass is 16.5. The number of methoxy groups -OCH3 is 3. The van der Waals surface area contributed by atoms with E-state index in [1.807, 2.05) is 36.1 Å². The van der Waals surface area contributed by atoms with Crippen LogP contribution in [-0.4, -0.2) is 69.4 Å². The Morgan fingerprint density at radius 1 is 1.18 bits per heavy atom. The number of piperazine rings is 1. The van der Waals surface area contributed by atoms with Crippen LogP contribution in [0.3, 0.4) is 0 Å². The summed E-state index contributed by atoms with van der Waals surface area (Å²) in [6.07, 6.45) is 0.375. The number of hydrogen-bond donors (Lipinski definition) is 0. The number of hydrogen-bond acceptors (Lipinski definition) is 7. The Hall–Kier alpha value is -3.31. The molecule has 8 nitrogen and oxygen atoms in total. The second-order valence-electron chi connectivity index (χ2n) is 8.75. The fourth-order valence-electron chi connectivity index (χ4n) is 4.37. The van der Waals surface area contributed by atoms with E-state index in [0.29, 0.717) is 55.5 Å². The van der Waals surface area contributed by atoms with Gasteiger partial charge in [0.15, 0.2) is 11.5 Å². The number of pyridine rings is 1. The maximum Gasteiger partial charge on any atom is 0.225 e. The molecule has 182 valence electrons. The molecule has 34 heavy (non-hydrogen) atoms. The molecule has 1 atom stereocenters. The number of nitriles is 1. The van der Waals surface area contributed by atoms with Crippen molar-refractivity contribution in [3.8, 4) is 28.7 Å². The van der Waals surface area contributed by atoms with Crippen molar-refractivity contribution in [2.75, 3.05) is 52.5 Å². The molecule has 1 aromatic carbocycles. The SMILES string of the molecule is COCCC(=O)N1CCN(c2nc(C(C)C)c(-c3ccc(OC)c(OC)c3)cc2C#N)CC1C. The van der Waals surface area contributed by atoms with Crippen molar-refractivity contribution in [2.24, 2.45) is 0 Å². The lowest BCUT2D eigenvalue weighted by molar-refractivity contribution is -0.134. The maximum atomic E-state index is 12.5. The predicted molar refractivity (Wildman–Crippen MR) is 131 cm³/mol. The third-order valence-corrected chi connectivity index (χ3v) is 6.16. The third-order valence-electron chi connectivity index (χ3n) is 6.16. The van der Waals surface area contributed by atoms with Crippen LogP contribution in [0.15, 0.2) is 24.3 Å². The zero-order chi connectivity index (χ0) is 24.8. The van der Waals surface area contributed by atoms with E-state index in [-0.39, 0.29) is 17.9 Å². The van der Waals surface area contributed by atoms with E-state index in [4.69, 9.17) is 19.2 Å². The van der Waals surface area contributed by atoms with Gasteiger partial charge in [0.05, 0.1) is 38.5 Å². The second kappa shape index (κ2) is 11.2. The fourth-order valence-corrected chi connectivity index (χ4v) is 4.37. The average Bonchev–Trinajstić information content (AvgIpc) is 2.85. The van der Waals surface area contributed by atoms with Crippen molar-refractivity contribution in [2.45, 2.75) is 39.2 Å². The number of ether oxygens (including phenoxy) is 3. The van der Waals surface area contributed by atoms with Gasteiger partial charge in [-0.05, 0) is 36.6 Å². The molecule has 1 fully saturated rings. The van der Waals surface area contributed by atoms with Crippen molar-refractivity contribution in [3.05, 3.63) is 35.5 Å². The summed E-state index contributed by atoms with van der Waals surface area (Å²) in [5, 5.41) is 10.00. The van der Waals surface area contributed by atoms with E-state index in [0.717, 1.165) is 16.8 Å². The first kappa shape index (κ1) is 25.3. The lowest BCUT2D eigenvalue weighted by Crippen LogP contribution is -2.54. The second-order valence-corrected chi connectivity index (χ2v) is 8.75. The van der Waals surface area contributed by atoms with Crippen LogP contribution in [0, 0.1) is 11.3 Å². The number of aromatic nitrogens is 1. The lowest BCUT2D eigenvalue weighted by Gasteiger charge is -2.41. The smallest absolute Gasteiger partial charge is 0.225 e. The van der Waals surface area contributed by atoms with Gasteiger partial charge in [-0.1, -0.05) is 19.9 Å². The zero-order valence-corrected chi connectivity index (χ0v) is 20.9. The zero-order valence-electron chi connectivity index (χ0n) is 20.9. The minimum Gasteiger partial charge on any atom is -0.493 e. The average molecular weight is 467 g/mol. The van der Waals surface area contributed by atoms with Crippen molar-refractivity contribution in [1.29, 1.82) is 5.26 Å². The van der Waals surface area contributed by atoms with Crippen LogP contribution in [0.25, 0.3) is 11.1 Å². The lowest BCUT2D eigenvalue weighted by atomic mass is 9.95. The van der Waals surface area contributed by atoms with E-state index >= 15 is 0 Å². The number of benzene rings is 1. The first-order valence-electron chi connectivity index (χ1n) is 11.5. The topological polar surface area (TPSA) is 87.9 Å². The molecule has 0 saturated carbocycles. The molecule has 3 rings (SSSR count). The number of anilines is 1. The van der Waals surface area contributed by atoms with Crippen LogP contribution in [-0.2, 0) is 9.53 Å². The predicted octanol–water partition coefficient (Wildman–Crippen LogP) is 3.83. The summed E-state index contributed by atoms with van der Waals surface area (Å²) in [6, 6.07) is 10.00. The van der Waals surface area contributed by atoms with E-state index < -0.39 is 0 Å². The van der Waals surface area contributed by atoms with Crippen molar-refractivity contribution < 1.29 is 19.0 Å². The monoisotopic (exact) mass is 466 g/mol. The number of carbonyl (C=O) groups is 1. The first-order valence-corrected chi connectivity index (χ1v) is 11.5. The van der Waals surface area contributed by atoms with E-state index in [9.17, 15) is 10.1 Å². The van der Waals surface area contributed by atoms with Crippen molar-refractivity contribution in [1.82, 2.24) is 9.88 Å². The van der Waals surface area contributed by atoms with Crippen LogP contribution in [0.1, 0.15) is 44.4 Å².